The molecule has 6 aromatic carbocycles. The number of rotatable bonds is 13. The molecular weight excluding hydrogens is 875 g/mol. The molecule has 0 radical (unpaired) electrons. The predicted molar refractivity (Wildman–Crippen MR) is 264 cm³/mol. The number of hydrogen-bond donors (Lipinski definition) is 0. The van der Waals surface area contributed by atoms with Crippen molar-refractivity contribution < 1.29 is 37.6 Å². The van der Waals surface area contributed by atoms with E-state index >= 15 is 4.39 Å². The van der Waals surface area contributed by atoms with E-state index in [0.717, 1.165) is 16.7 Å². The van der Waals surface area contributed by atoms with Gasteiger partial charge in [0.15, 0.2) is 12.5 Å². The number of halogens is 1. The van der Waals surface area contributed by atoms with Crippen molar-refractivity contribution in [1.82, 2.24) is 9.13 Å². The van der Waals surface area contributed by atoms with Crippen LogP contribution in [0.4, 0.5) is 9.18 Å². The molecule has 0 amide bonds. The lowest BCUT2D eigenvalue weighted by molar-refractivity contribution is -0.208. The first-order chi connectivity index (χ1) is 33.2. The number of methoxy groups -OCH3 is 3. The number of aryl methyl sites for hydroxylation is 1. The van der Waals surface area contributed by atoms with Crippen LogP contribution in [0, 0.1) is 6.92 Å². The van der Waals surface area contributed by atoms with Gasteiger partial charge in [-0.05, 0) is 104 Å². The molecule has 0 aliphatic carbocycles. The van der Waals surface area contributed by atoms with Gasteiger partial charge in [0.1, 0.15) is 34.7 Å². The van der Waals surface area contributed by atoms with Crippen molar-refractivity contribution in [2.75, 3.05) is 21.3 Å². The summed E-state index contributed by atoms with van der Waals surface area (Å²) in [5.74, 6) is 2.13. The van der Waals surface area contributed by atoms with Gasteiger partial charge in [-0.15, -0.1) is 0 Å². The fraction of sp³-hybridized carbons (Fsp3) is 0.281. The molecule has 1 aliphatic heterocycles. The molecule has 1 saturated heterocycles. The highest BCUT2D eigenvalue weighted by Gasteiger charge is 2.47. The van der Waals surface area contributed by atoms with Crippen LogP contribution in [-0.2, 0) is 25.2 Å². The summed E-state index contributed by atoms with van der Waals surface area (Å²) in [4.78, 5) is 39.2. The molecule has 358 valence electrons. The second-order valence-electron chi connectivity index (χ2n) is 17.7. The van der Waals surface area contributed by atoms with Gasteiger partial charge in [-0.25, -0.2) is 14.0 Å². The number of aromatic nitrogens is 2. The number of ether oxygens (including phenoxy) is 6. The van der Waals surface area contributed by atoms with Gasteiger partial charge in [-0.2, -0.15) is 4.57 Å². The van der Waals surface area contributed by atoms with E-state index in [-0.39, 0.29) is 17.4 Å². The van der Waals surface area contributed by atoms with E-state index in [9.17, 15) is 14.4 Å². The first-order valence-electron chi connectivity index (χ1n) is 22.8. The standard InChI is InChI=1S/C35H37FN2O8.C22H22O/c1-22-21-37(32(40)38(30(22)39)33(41)46-34(2,3)4)29-20-28(36)31(44-29)45-35(23-10-8-7-9-11-23,24-12-16-26(42-5)17-13-24)25-14-18-27(43-6)19-15-25;1-3-22(18-10-6-4-7-11-18,19-12-8-5-9-13-19)20-14-16-21(23-2)17-15-20/h7-19,21,28-29,31H,20H2,1-6H3;4-17H,3H2,1-2H3/i36-1;. The molecule has 0 N–H and O–H groups in total. The van der Waals surface area contributed by atoms with Crippen molar-refractivity contribution >= 4 is 6.09 Å². The Balaban J connectivity index is 0.000000255. The summed E-state index contributed by atoms with van der Waals surface area (Å²) in [6.07, 6.45) is -3.53. The van der Waals surface area contributed by atoms with Crippen LogP contribution in [0.5, 0.6) is 17.2 Å². The average Bonchev–Trinajstić information content (AvgIpc) is 3.74. The van der Waals surface area contributed by atoms with Gasteiger partial charge in [0.05, 0.1) is 21.3 Å². The molecular formula is C57H59FN2O9. The lowest BCUT2D eigenvalue weighted by Gasteiger charge is -2.38. The highest BCUT2D eigenvalue weighted by molar-refractivity contribution is 5.70. The van der Waals surface area contributed by atoms with E-state index in [2.05, 4.69) is 79.7 Å². The minimum absolute atomic E-state index is 0.0731. The maximum absolute atomic E-state index is 16.1. The van der Waals surface area contributed by atoms with Crippen LogP contribution < -0.4 is 25.5 Å². The van der Waals surface area contributed by atoms with E-state index < -0.39 is 47.2 Å². The molecule has 1 aliphatic rings. The second-order valence-corrected chi connectivity index (χ2v) is 17.7. The highest BCUT2D eigenvalue weighted by atomic mass is 18.2. The fourth-order valence-electron chi connectivity index (χ4n) is 8.89. The van der Waals surface area contributed by atoms with Crippen molar-refractivity contribution in [2.24, 2.45) is 0 Å². The molecule has 7 aromatic rings. The molecule has 0 saturated carbocycles. The Morgan fingerprint density at radius 2 is 1.01 bits per heavy atom. The van der Waals surface area contributed by atoms with Gasteiger partial charge in [-0.1, -0.05) is 134 Å². The number of carbonyl (C=O) groups excluding carboxylic acids is 1. The first-order valence-corrected chi connectivity index (χ1v) is 22.8. The average molecular weight is 934 g/mol. The van der Waals surface area contributed by atoms with Crippen LogP contribution >= 0.6 is 0 Å². The number of carbonyl (C=O) groups is 1. The molecule has 1 fully saturated rings. The van der Waals surface area contributed by atoms with Crippen molar-refractivity contribution in [2.45, 2.75) is 82.8 Å². The molecule has 8 rings (SSSR count). The summed E-state index contributed by atoms with van der Waals surface area (Å²) >= 11 is 0. The smallest absolute Gasteiger partial charge is 0.425 e. The third-order valence-corrected chi connectivity index (χ3v) is 12.3. The van der Waals surface area contributed by atoms with E-state index in [0.29, 0.717) is 32.8 Å². The van der Waals surface area contributed by atoms with Crippen LogP contribution in [0.2, 0.25) is 0 Å². The van der Waals surface area contributed by atoms with Crippen molar-refractivity contribution in [3.63, 3.8) is 0 Å². The Bertz CT molecular complexity index is 2810. The molecule has 1 aromatic heterocycles. The maximum Gasteiger partial charge on any atom is 0.425 e. The van der Waals surface area contributed by atoms with Gasteiger partial charge in [0, 0.05) is 23.6 Å². The summed E-state index contributed by atoms with van der Waals surface area (Å²) in [5, 5.41) is 0. The Kier molecular flexibility index (Phi) is 15.4. The lowest BCUT2D eigenvalue weighted by Crippen LogP contribution is -2.47. The summed E-state index contributed by atoms with van der Waals surface area (Å²) in [7, 11) is 4.83. The summed E-state index contributed by atoms with van der Waals surface area (Å²) < 4.78 is 51.8. The number of hydrogen-bond acceptors (Lipinski definition) is 9. The summed E-state index contributed by atoms with van der Waals surface area (Å²) in [6.45, 7) is 8.55. The lowest BCUT2D eigenvalue weighted by atomic mass is 9.68. The summed E-state index contributed by atoms with van der Waals surface area (Å²) in [6, 6.07) is 53.8. The molecule has 11 nitrogen and oxygen atoms in total. The second kappa shape index (κ2) is 21.3. The molecule has 12 heteroatoms. The third-order valence-electron chi connectivity index (χ3n) is 12.3. The van der Waals surface area contributed by atoms with E-state index in [1.807, 2.05) is 66.7 Å². The van der Waals surface area contributed by atoms with Crippen LogP contribution in [0.3, 0.4) is 0 Å². The van der Waals surface area contributed by atoms with Crippen LogP contribution in [0.1, 0.15) is 85.7 Å². The topological polar surface area (TPSA) is 116 Å². The minimum Gasteiger partial charge on any atom is -0.497 e. The Morgan fingerprint density at radius 3 is 1.42 bits per heavy atom. The van der Waals surface area contributed by atoms with Crippen LogP contribution in [0.15, 0.2) is 180 Å². The first kappa shape index (κ1) is 49.6. The molecule has 3 unspecified atom stereocenters. The largest absolute Gasteiger partial charge is 0.497 e. The van der Waals surface area contributed by atoms with E-state index in [1.54, 1.807) is 66.4 Å². The minimum atomic E-state index is -1.70. The molecule has 0 bridgehead atoms. The number of benzene rings is 6. The van der Waals surface area contributed by atoms with Gasteiger partial charge in [0.2, 0.25) is 0 Å². The molecule has 0 spiro atoms. The SMILES string of the molecule is CCC(c1ccccc1)(c1ccccc1)c1ccc(OC)cc1.COc1ccc(C(OC2OC(n3cc(C)c(=O)n(C(=O)OC(C)(C)C)c3=O)CC2[18F])(c2ccccc2)c2ccc(OC)cc2)cc1. The highest BCUT2D eigenvalue weighted by Crippen LogP contribution is 2.46. The molecule has 69 heavy (non-hydrogen) atoms. The zero-order chi connectivity index (χ0) is 49.3. The zero-order valence-corrected chi connectivity index (χ0v) is 40.3. The zero-order valence-electron chi connectivity index (χ0n) is 40.3. The van der Waals surface area contributed by atoms with Crippen molar-refractivity contribution in [3.05, 3.63) is 230 Å². The van der Waals surface area contributed by atoms with Crippen LogP contribution in [0.25, 0.3) is 0 Å². The van der Waals surface area contributed by atoms with Gasteiger partial charge in [-0.3, -0.25) is 9.36 Å². The monoisotopic (exact) mass is 933 g/mol. The van der Waals surface area contributed by atoms with Crippen molar-refractivity contribution in [1.29, 1.82) is 0 Å². The Morgan fingerprint density at radius 1 is 0.623 bits per heavy atom. The molecule has 2 heterocycles. The predicted octanol–water partition coefficient (Wildman–Crippen LogP) is 11.2. The number of alkyl halides is 1. The normalized spacial score (nSPS) is 15.9. The number of nitrogens with zero attached hydrogens (tertiary/aromatic N) is 2. The Hall–Kier alpha value is -7.28. The Labute approximate surface area is 402 Å². The van der Waals surface area contributed by atoms with E-state index in [1.165, 1.54) is 29.8 Å². The van der Waals surface area contributed by atoms with Gasteiger partial charge < -0.3 is 28.4 Å². The third kappa shape index (κ3) is 10.4. The van der Waals surface area contributed by atoms with E-state index in [4.69, 9.17) is 28.4 Å². The van der Waals surface area contributed by atoms with Gasteiger partial charge >= 0.3 is 11.8 Å². The van der Waals surface area contributed by atoms with Crippen LogP contribution in [-0.4, -0.2) is 54.6 Å². The summed E-state index contributed by atoms with van der Waals surface area (Å²) in [5.41, 5.74) is 1.67. The van der Waals surface area contributed by atoms with Crippen molar-refractivity contribution in [3.8, 4) is 17.2 Å². The quantitative estimate of drug-likeness (QED) is 0.104. The van der Waals surface area contributed by atoms with Gasteiger partial charge in [0.25, 0.3) is 5.56 Å². The fourth-order valence-corrected chi connectivity index (χ4v) is 8.89. The molecule has 3 atom stereocenters. The maximum atomic E-state index is 16.1.